The van der Waals surface area contributed by atoms with E-state index in [-0.39, 0.29) is 0 Å². The molecule has 27 heavy (non-hydrogen) atoms. The third kappa shape index (κ3) is 3.46. The summed E-state index contributed by atoms with van der Waals surface area (Å²) in [6, 6.07) is 17.0. The highest BCUT2D eigenvalue weighted by Crippen LogP contribution is 2.37. The summed E-state index contributed by atoms with van der Waals surface area (Å²) in [4.78, 5) is 8.65. The van der Waals surface area contributed by atoms with Crippen LogP contribution in [0.2, 0.25) is 0 Å². The Labute approximate surface area is 160 Å². The van der Waals surface area contributed by atoms with E-state index in [4.69, 9.17) is 5.73 Å². The van der Waals surface area contributed by atoms with Crippen LogP contribution in [-0.2, 0) is 6.54 Å². The predicted molar refractivity (Wildman–Crippen MR) is 114 cm³/mol. The zero-order valence-corrected chi connectivity index (χ0v) is 15.3. The monoisotopic (exact) mass is 353 g/mol. The van der Waals surface area contributed by atoms with E-state index in [0.29, 0.717) is 19.0 Å². The van der Waals surface area contributed by atoms with Crippen LogP contribution >= 0.6 is 0 Å². The lowest BCUT2D eigenvalue weighted by atomic mass is 9.86. The number of allylic oxidation sites excluding steroid dienone is 2. The van der Waals surface area contributed by atoms with Gasteiger partial charge in [-0.3, -0.25) is 9.98 Å². The van der Waals surface area contributed by atoms with Crippen LogP contribution in [0.1, 0.15) is 23.5 Å². The molecule has 0 amide bonds. The number of rotatable bonds is 5. The molecule has 3 nitrogen and oxygen atoms in total. The topological polar surface area (TPSA) is 51.3 Å². The lowest BCUT2D eigenvalue weighted by molar-refractivity contribution is 0.846. The molecule has 3 aromatic rings. The highest BCUT2D eigenvalue weighted by molar-refractivity contribution is 5.97. The Balaban J connectivity index is 1.86. The quantitative estimate of drug-likeness (QED) is 0.654. The van der Waals surface area contributed by atoms with Gasteiger partial charge < -0.3 is 5.73 Å². The number of aromatic nitrogens is 1. The summed E-state index contributed by atoms with van der Waals surface area (Å²) in [7, 11) is 0. The zero-order chi connectivity index (χ0) is 18.6. The molecule has 0 radical (unpaired) electrons. The van der Waals surface area contributed by atoms with E-state index in [2.05, 4.69) is 83.5 Å². The van der Waals surface area contributed by atoms with Crippen LogP contribution in [0.3, 0.4) is 0 Å². The molecule has 0 fully saturated rings. The van der Waals surface area contributed by atoms with Crippen molar-refractivity contribution in [3.63, 3.8) is 0 Å². The molecule has 4 rings (SSSR count). The van der Waals surface area contributed by atoms with Crippen molar-refractivity contribution in [2.45, 2.75) is 18.9 Å². The molecule has 3 heteroatoms. The normalized spacial score (nSPS) is 16.3. The second-order valence-corrected chi connectivity index (χ2v) is 6.87. The van der Waals surface area contributed by atoms with Gasteiger partial charge in [0.2, 0.25) is 0 Å². The van der Waals surface area contributed by atoms with Gasteiger partial charge in [-0.05, 0) is 59.2 Å². The van der Waals surface area contributed by atoms with Crippen LogP contribution < -0.4 is 5.73 Å². The van der Waals surface area contributed by atoms with Crippen LogP contribution in [0.15, 0.2) is 83.5 Å². The SMILES string of the molecule is C=NCc1cccc(-c2cccc3nccc(C4C=CC(CN)=CC4)c23)c1. The number of fused-ring (bicyclic) bond motifs is 1. The first-order valence-electron chi connectivity index (χ1n) is 9.27. The Kier molecular flexibility index (Phi) is 4.95. The second-order valence-electron chi connectivity index (χ2n) is 6.87. The first-order chi connectivity index (χ1) is 13.3. The van der Waals surface area contributed by atoms with Crippen molar-refractivity contribution in [3.05, 3.63) is 89.7 Å². The fraction of sp³-hybridized carbons (Fsp3) is 0.167. The first kappa shape index (κ1) is 17.4. The van der Waals surface area contributed by atoms with Gasteiger partial charge in [-0.1, -0.05) is 48.6 Å². The van der Waals surface area contributed by atoms with E-state index < -0.39 is 0 Å². The molecule has 2 N–H and O–H groups in total. The van der Waals surface area contributed by atoms with E-state index in [1.165, 1.54) is 27.6 Å². The first-order valence-corrected chi connectivity index (χ1v) is 9.27. The highest BCUT2D eigenvalue weighted by atomic mass is 14.7. The second kappa shape index (κ2) is 7.68. The van der Waals surface area contributed by atoms with E-state index in [9.17, 15) is 0 Å². The lowest BCUT2D eigenvalue weighted by Gasteiger charge is -2.20. The van der Waals surface area contributed by atoms with Crippen molar-refractivity contribution >= 4 is 17.6 Å². The Hall–Kier alpha value is -3.04. The number of aliphatic imine (C=N–C) groups is 1. The van der Waals surface area contributed by atoms with Gasteiger partial charge in [-0.25, -0.2) is 0 Å². The number of nitrogens with zero attached hydrogens (tertiary/aromatic N) is 2. The molecule has 0 saturated carbocycles. The molecule has 1 aromatic heterocycles. The summed E-state index contributed by atoms with van der Waals surface area (Å²) in [5.74, 6) is 0.338. The fourth-order valence-corrected chi connectivity index (χ4v) is 3.79. The van der Waals surface area contributed by atoms with Crippen LogP contribution in [0.5, 0.6) is 0 Å². The average Bonchev–Trinajstić information content (AvgIpc) is 2.73. The standard InChI is InChI=1S/C24H23N3/c1-26-16-18-4-2-5-20(14-18)21-6-3-7-23-24(21)22(12-13-27-23)19-10-8-17(15-25)9-11-19/h2-10,12-14,19H,1,11,15-16,25H2. The summed E-state index contributed by atoms with van der Waals surface area (Å²) < 4.78 is 0. The average molecular weight is 353 g/mol. The summed E-state index contributed by atoms with van der Waals surface area (Å²) in [5, 5.41) is 1.22. The highest BCUT2D eigenvalue weighted by Gasteiger charge is 2.17. The summed E-state index contributed by atoms with van der Waals surface area (Å²) in [5.41, 5.74) is 12.9. The molecule has 0 bridgehead atoms. The predicted octanol–water partition coefficient (Wildman–Crippen LogP) is 5.03. The van der Waals surface area contributed by atoms with E-state index >= 15 is 0 Å². The van der Waals surface area contributed by atoms with E-state index in [1.54, 1.807) is 0 Å². The Morgan fingerprint density at radius 3 is 2.81 bits per heavy atom. The number of hydrogen-bond acceptors (Lipinski definition) is 3. The van der Waals surface area contributed by atoms with Crippen molar-refractivity contribution in [1.29, 1.82) is 0 Å². The van der Waals surface area contributed by atoms with Gasteiger partial charge in [-0.2, -0.15) is 0 Å². The van der Waals surface area contributed by atoms with Gasteiger partial charge in [-0.15, -0.1) is 0 Å². The molecule has 0 saturated heterocycles. The molecule has 0 spiro atoms. The molecule has 1 unspecified atom stereocenters. The third-order valence-corrected chi connectivity index (χ3v) is 5.14. The maximum Gasteiger partial charge on any atom is 0.0711 e. The maximum absolute atomic E-state index is 5.78. The summed E-state index contributed by atoms with van der Waals surface area (Å²) >= 11 is 0. The molecule has 1 aliphatic carbocycles. The van der Waals surface area contributed by atoms with Crippen molar-refractivity contribution < 1.29 is 0 Å². The van der Waals surface area contributed by atoms with Gasteiger partial charge in [0.05, 0.1) is 12.1 Å². The zero-order valence-electron chi connectivity index (χ0n) is 15.3. The molecular weight excluding hydrogens is 330 g/mol. The number of nitrogens with two attached hydrogens (primary N) is 1. The minimum Gasteiger partial charge on any atom is -0.327 e. The number of benzene rings is 2. The maximum atomic E-state index is 5.78. The molecule has 1 atom stereocenters. The van der Waals surface area contributed by atoms with Crippen molar-refractivity contribution in [3.8, 4) is 11.1 Å². The van der Waals surface area contributed by atoms with E-state index in [0.717, 1.165) is 17.5 Å². The van der Waals surface area contributed by atoms with Crippen LogP contribution in [-0.4, -0.2) is 18.2 Å². The van der Waals surface area contributed by atoms with Crippen molar-refractivity contribution in [2.75, 3.05) is 6.54 Å². The minimum atomic E-state index is 0.338. The minimum absolute atomic E-state index is 0.338. The molecule has 1 aliphatic rings. The van der Waals surface area contributed by atoms with Crippen LogP contribution in [0.4, 0.5) is 0 Å². The van der Waals surface area contributed by atoms with E-state index in [1.807, 2.05) is 6.20 Å². The van der Waals surface area contributed by atoms with Crippen molar-refractivity contribution in [1.82, 2.24) is 4.98 Å². The van der Waals surface area contributed by atoms with Gasteiger partial charge in [0.15, 0.2) is 0 Å². The molecule has 134 valence electrons. The van der Waals surface area contributed by atoms with Gasteiger partial charge in [0.25, 0.3) is 0 Å². The van der Waals surface area contributed by atoms with Crippen molar-refractivity contribution in [2.24, 2.45) is 10.7 Å². The van der Waals surface area contributed by atoms with Gasteiger partial charge in [0, 0.05) is 24.0 Å². The molecule has 0 aliphatic heterocycles. The molecular formula is C24H23N3. The number of pyridine rings is 1. The van der Waals surface area contributed by atoms with Crippen LogP contribution in [0.25, 0.3) is 22.0 Å². The largest absolute Gasteiger partial charge is 0.327 e. The smallest absolute Gasteiger partial charge is 0.0711 e. The third-order valence-electron chi connectivity index (χ3n) is 5.14. The fourth-order valence-electron chi connectivity index (χ4n) is 3.79. The lowest BCUT2D eigenvalue weighted by Crippen LogP contribution is -2.06. The Morgan fingerprint density at radius 1 is 1.15 bits per heavy atom. The summed E-state index contributed by atoms with van der Waals surface area (Å²) in [6.45, 7) is 4.83. The van der Waals surface area contributed by atoms with Gasteiger partial charge in [0.1, 0.15) is 0 Å². The van der Waals surface area contributed by atoms with Crippen LogP contribution in [0, 0.1) is 0 Å². The Morgan fingerprint density at radius 2 is 2.04 bits per heavy atom. The molecule has 1 heterocycles. The number of hydrogen-bond donors (Lipinski definition) is 1. The summed E-state index contributed by atoms with van der Waals surface area (Å²) in [6.07, 6.45) is 9.55. The van der Waals surface area contributed by atoms with Gasteiger partial charge >= 0.3 is 0 Å². The Bertz CT molecular complexity index is 1040. The molecule has 2 aromatic carbocycles.